The fraction of sp³-hybridized carbons (Fsp3) is 0.115. The summed E-state index contributed by atoms with van der Waals surface area (Å²) >= 11 is 6.54. The largest absolute Gasteiger partial charge is 0.329 e. The Kier molecular flexibility index (Phi) is 6.66. The number of hydrogen-bond donors (Lipinski definition) is 0. The van der Waals surface area contributed by atoms with Crippen LogP contribution in [0.25, 0.3) is 11.8 Å². The van der Waals surface area contributed by atoms with Gasteiger partial charge in [0.15, 0.2) is 0 Å². The van der Waals surface area contributed by atoms with Gasteiger partial charge in [-0.05, 0) is 55.0 Å². The van der Waals surface area contributed by atoms with Gasteiger partial charge in [0, 0.05) is 24.9 Å². The highest BCUT2D eigenvalue weighted by Gasteiger charge is 2.23. The van der Waals surface area contributed by atoms with Crippen LogP contribution >= 0.6 is 11.6 Å². The Morgan fingerprint density at radius 2 is 1.76 bits per heavy atom. The van der Waals surface area contributed by atoms with Gasteiger partial charge in [0.1, 0.15) is 11.0 Å². The molecule has 0 spiro atoms. The van der Waals surface area contributed by atoms with E-state index in [1.54, 1.807) is 43.3 Å². The molecule has 1 amide bonds. The summed E-state index contributed by atoms with van der Waals surface area (Å²) in [7, 11) is 1.75. The van der Waals surface area contributed by atoms with E-state index in [1.165, 1.54) is 22.9 Å². The van der Waals surface area contributed by atoms with Gasteiger partial charge in [-0.3, -0.25) is 9.78 Å². The van der Waals surface area contributed by atoms with Crippen LogP contribution in [0.1, 0.15) is 28.6 Å². The third-order valence-corrected chi connectivity index (χ3v) is 5.69. The van der Waals surface area contributed by atoms with Gasteiger partial charge >= 0.3 is 0 Å². The molecule has 166 valence electrons. The average Bonchev–Trinajstić information content (AvgIpc) is 3.12. The molecular formula is C26H22ClFN4O. The summed E-state index contributed by atoms with van der Waals surface area (Å²) in [6.45, 7) is 1.81. The van der Waals surface area contributed by atoms with Gasteiger partial charge in [0.2, 0.25) is 5.91 Å². The van der Waals surface area contributed by atoms with Crippen molar-refractivity contribution in [3.8, 4) is 5.69 Å². The van der Waals surface area contributed by atoms with E-state index < -0.39 is 0 Å². The molecule has 0 saturated carbocycles. The van der Waals surface area contributed by atoms with Crippen LogP contribution in [0.2, 0.25) is 5.15 Å². The lowest BCUT2D eigenvalue weighted by atomic mass is 10.0. The summed E-state index contributed by atoms with van der Waals surface area (Å²) in [5.41, 5.74) is 3.63. The van der Waals surface area contributed by atoms with Crippen molar-refractivity contribution in [2.24, 2.45) is 0 Å². The lowest BCUT2D eigenvalue weighted by Gasteiger charge is -2.27. The first-order valence-electron chi connectivity index (χ1n) is 10.4. The second kappa shape index (κ2) is 9.79. The zero-order chi connectivity index (χ0) is 23.4. The summed E-state index contributed by atoms with van der Waals surface area (Å²) < 4.78 is 14.8. The smallest absolute Gasteiger partial charge is 0.247 e. The Bertz CT molecular complexity index is 1230. The quantitative estimate of drug-likeness (QED) is 0.350. The molecule has 1 atom stereocenters. The van der Waals surface area contributed by atoms with Gasteiger partial charge < -0.3 is 4.90 Å². The molecule has 33 heavy (non-hydrogen) atoms. The number of carbonyl (C=O) groups is 1. The van der Waals surface area contributed by atoms with Crippen LogP contribution in [0.4, 0.5) is 4.39 Å². The van der Waals surface area contributed by atoms with Crippen molar-refractivity contribution < 1.29 is 9.18 Å². The molecule has 5 nitrogen and oxygen atoms in total. The van der Waals surface area contributed by atoms with Gasteiger partial charge in [-0.1, -0.05) is 48.0 Å². The van der Waals surface area contributed by atoms with Crippen LogP contribution < -0.4 is 0 Å². The predicted molar refractivity (Wildman–Crippen MR) is 128 cm³/mol. The second-order valence-electron chi connectivity index (χ2n) is 7.53. The number of carbonyl (C=O) groups excluding carboxylic acids is 1. The molecule has 0 aliphatic carbocycles. The Morgan fingerprint density at radius 3 is 2.42 bits per heavy atom. The Hall–Kier alpha value is -3.77. The number of aromatic nitrogens is 3. The number of benzene rings is 2. The molecule has 0 aliphatic rings. The predicted octanol–water partition coefficient (Wildman–Crippen LogP) is 5.63. The third-order valence-electron chi connectivity index (χ3n) is 5.33. The van der Waals surface area contributed by atoms with Gasteiger partial charge in [-0.15, -0.1) is 0 Å². The van der Waals surface area contributed by atoms with Gasteiger partial charge in [0.05, 0.1) is 23.1 Å². The van der Waals surface area contributed by atoms with E-state index in [-0.39, 0.29) is 17.8 Å². The first kappa shape index (κ1) is 22.4. The van der Waals surface area contributed by atoms with Crippen LogP contribution in [0.5, 0.6) is 0 Å². The maximum Gasteiger partial charge on any atom is 0.247 e. The average molecular weight is 461 g/mol. The van der Waals surface area contributed by atoms with E-state index in [1.807, 2.05) is 48.5 Å². The van der Waals surface area contributed by atoms with Crippen molar-refractivity contribution in [3.63, 3.8) is 0 Å². The fourth-order valence-electron chi connectivity index (χ4n) is 3.62. The number of aryl methyl sites for hydroxylation is 1. The Labute approximate surface area is 196 Å². The highest BCUT2D eigenvalue weighted by Crippen LogP contribution is 2.28. The van der Waals surface area contributed by atoms with Crippen LogP contribution in [-0.2, 0) is 4.79 Å². The molecule has 0 saturated heterocycles. The molecule has 4 rings (SSSR count). The van der Waals surface area contributed by atoms with Crippen molar-refractivity contribution in [2.45, 2.75) is 13.0 Å². The first-order valence-corrected chi connectivity index (χ1v) is 10.8. The lowest BCUT2D eigenvalue weighted by molar-refractivity contribution is -0.126. The monoisotopic (exact) mass is 460 g/mol. The van der Waals surface area contributed by atoms with E-state index in [4.69, 9.17) is 11.6 Å². The van der Waals surface area contributed by atoms with Gasteiger partial charge in [-0.2, -0.15) is 5.10 Å². The molecule has 0 aliphatic heterocycles. The van der Waals surface area contributed by atoms with Crippen molar-refractivity contribution >= 4 is 23.6 Å². The number of amides is 1. The topological polar surface area (TPSA) is 51.0 Å². The molecule has 0 radical (unpaired) electrons. The van der Waals surface area contributed by atoms with Crippen LogP contribution in [0, 0.1) is 12.7 Å². The lowest BCUT2D eigenvalue weighted by Crippen LogP contribution is -2.31. The number of pyridine rings is 1. The molecule has 2 aromatic heterocycles. The maximum absolute atomic E-state index is 13.3. The number of likely N-dealkylation sites (N-methyl/N-ethyl adjacent to an activating group) is 1. The van der Waals surface area contributed by atoms with Crippen LogP contribution in [0.15, 0.2) is 85.1 Å². The summed E-state index contributed by atoms with van der Waals surface area (Å²) in [6, 6.07) is 20.9. The third kappa shape index (κ3) is 4.86. The van der Waals surface area contributed by atoms with Crippen LogP contribution in [0.3, 0.4) is 0 Å². The minimum Gasteiger partial charge on any atom is -0.329 e. The van der Waals surface area contributed by atoms with E-state index in [2.05, 4.69) is 10.1 Å². The number of halogens is 2. The van der Waals surface area contributed by atoms with E-state index in [0.29, 0.717) is 22.1 Å². The van der Waals surface area contributed by atoms with E-state index >= 15 is 0 Å². The van der Waals surface area contributed by atoms with Gasteiger partial charge in [-0.25, -0.2) is 9.07 Å². The second-order valence-corrected chi connectivity index (χ2v) is 7.89. The van der Waals surface area contributed by atoms with Crippen LogP contribution in [-0.4, -0.2) is 32.6 Å². The number of hydrogen-bond acceptors (Lipinski definition) is 3. The summed E-state index contributed by atoms with van der Waals surface area (Å²) in [6.07, 6.45) is 4.85. The fourth-order valence-corrected chi connectivity index (χ4v) is 3.95. The molecule has 2 aromatic carbocycles. The first-order chi connectivity index (χ1) is 16.0. The molecule has 1 unspecified atom stereocenters. The maximum atomic E-state index is 13.3. The Morgan fingerprint density at radius 1 is 1.06 bits per heavy atom. The molecule has 7 heteroatoms. The SMILES string of the molecule is Cc1nn(-c2ccc(F)cc2)c(Cl)c1C=CC(=O)N(C)C(c1ccccc1)c1ccccn1. The van der Waals surface area contributed by atoms with E-state index in [9.17, 15) is 9.18 Å². The number of nitrogens with zero attached hydrogens (tertiary/aromatic N) is 4. The minimum absolute atomic E-state index is 0.209. The molecule has 4 aromatic rings. The highest BCUT2D eigenvalue weighted by atomic mass is 35.5. The molecule has 0 bridgehead atoms. The van der Waals surface area contributed by atoms with Crippen molar-refractivity contribution in [1.82, 2.24) is 19.7 Å². The molecule has 0 fully saturated rings. The Balaban J connectivity index is 1.62. The van der Waals surface area contributed by atoms with Crippen molar-refractivity contribution in [2.75, 3.05) is 7.05 Å². The highest BCUT2D eigenvalue weighted by molar-refractivity contribution is 6.31. The summed E-state index contributed by atoms with van der Waals surface area (Å²) in [5.74, 6) is -0.548. The standard InChI is InChI=1S/C26H22ClFN4O/c1-18-22(26(27)32(30-18)21-13-11-20(28)12-14-21)15-16-24(33)31(2)25(19-8-4-3-5-9-19)23-10-6-7-17-29-23/h3-17,25H,1-2H3. The molecule has 2 heterocycles. The summed E-state index contributed by atoms with van der Waals surface area (Å²) in [5, 5.41) is 4.78. The molecule has 0 N–H and O–H groups in total. The number of rotatable bonds is 6. The van der Waals surface area contributed by atoms with Crippen molar-refractivity contribution in [1.29, 1.82) is 0 Å². The zero-order valence-electron chi connectivity index (χ0n) is 18.2. The van der Waals surface area contributed by atoms with Crippen molar-refractivity contribution in [3.05, 3.63) is 119 Å². The normalized spacial score (nSPS) is 12.1. The summed E-state index contributed by atoms with van der Waals surface area (Å²) in [4.78, 5) is 19.3. The minimum atomic E-state index is -0.344. The van der Waals surface area contributed by atoms with E-state index in [0.717, 1.165) is 11.3 Å². The zero-order valence-corrected chi connectivity index (χ0v) is 18.9. The molecular weight excluding hydrogens is 439 g/mol. The van der Waals surface area contributed by atoms with Gasteiger partial charge in [0.25, 0.3) is 0 Å².